The molecule has 0 aliphatic carbocycles. The van der Waals surface area contributed by atoms with Crippen LogP contribution in [-0.2, 0) is 4.79 Å². The van der Waals surface area contributed by atoms with Crippen molar-refractivity contribution in [1.29, 1.82) is 0 Å². The minimum Gasteiger partial charge on any atom is -0.394 e. The number of allylic oxidation sites excluding steroid dienone is 7. The fourth-order valence-electron chi connectivity index (χ4n) is 10.7. The second-order valence-electron chi connectivity index (χ2n) is 23.2. The zero-order chi connectivity index (χ0) is 53.4. The highest BCUT2D eigenvalue weighted by Gasteiger charge is 2.18. The first-order chi connectivity index (χ1) is 36.7. The standard InChI is InChI=1S/C70H133NO3/c1-3-5-7-9-11-13-15-17-19-21-23-25-27-29-31-33-34-35-36-38-40-42-44-46-48-50-52-54-56-58-60-62-64-66-70(74)71-68(67-72)69(73)65-63-61-59-57-55-53-51-49-47-45-43-41-39-37-32-30-28-26-24-22-20-18-16-14-12-10-8-6-4-2/h15,17,21,23,27,29,63,65,68-69,72-73H,3-14,16,18-20,22,24-26,28,30-62,64,66-67H2,1-2H3,(H,71,74)/b17-15-,23-21-,29-27-,65-63+. The van der Waals surface area contributed by atoms with Crippen LogP contribution >= 0.6 is 0 Å². The predicted molar refractivity (Wildman–Crippen MR) is 331 cm³/mol. The molecule has 0 saturated carbocycles. The number of amides is 1. The summed E-state index contributed by atoms with van der Waals surface area (Å²) in [5.74, 6) is -0.0577. The van der Waals surface area contributed by atoms with Crippen molar-refractivity contribution in [2.45, 2.75) is 386 Å². The molecule has 2 unspecified atom stereocenters. The van der Waals surface area contributed by atoms with Gasteiger partial charge in [-0.2, -0.15) is 0 Å². The number of hydrogen-bond acceptors (Lipinski definition) is 3. The summed E-state index contributed by atoms with van der Waals surface area (Å²) < 4.78 is 0. The number of carbonyl (C=O) groups excluding carboxylic acids is 1. The molecular formula is C70H133NO3. The smallest absolute Gasteiger partial charge is 0.220 e. The van der Waals surface area contributed by atoms with Gasteiger partial charge < -0.3 is 15.5 Å². The minimum absolute atomic E-state index is 0.0577. The van der Waals surface area contributed by atoms with E-state index in [0.717, 1.165) is 38.5 Å². The molecule has 0 rings (SSSR count). The van der Waals surface area contributed by atoms with E-state index < -0.39 is 12.1 Å². The molecule has 0 aliphatic heterocycles. The first kappa shape index (κ1) is 72.3. The van der Waals surface area contributed by atoms with E-state index in [9.17, 15) is 15.0 Å². The van der Waals surface area contributed by atoms with Crippen molar-refractivity contribution in [1.82, 2.24) is 5.32 Å². The van der Waals surface area contributed by atoms with Gasteiger partial charge in [0.1, 0.15) is 0 Å². The Hall–Kier alpha value is -1.65. The van der Waals surface area contributed by atoms with Gasteiger partial charge >= 0.3 is 0 Å². The molecule has 74 heavy (non-hydrogen) atoms. The van der Waals surface area contributed by atoms with E-state index in [0.29, 0.717) is 6.42 Å². The maximum atomic E-state index is 12.5. The summed E-state index contributed by atoms with van der Waals surface area (Å²) in [6, 6.07) is -0.624. The maximum Gasteiger partial charge on any atom is 0.220 e. The van der Waals surface area contributed by atoms with Crippen LogP contribution in [0.15, 0.2) is 48.6 Å². The normalized spacial score (nSPS) is 13.0. The van der Waals surface area contributed by atoms with E-state index in [1.54, 1.807) is 6.08 Å². The number of hydrogen-bond donors (Lipinski definition) is 3. The van der Waals surface area contributed by atoms with Crippen LogP contribution in [0.1, 0.15) is 373 Å². The zero-order valence-electron chi connectivity index (χ0n) is 50.4. The maximum absolute atomic E-state index is 12.5. The summed E-state index contributed by atoms with van der Waals surface area (Å²) in [6.45, 7) is 4.34. The van der Waals surface area contributed by atoms with E-state index in [1.807, 2.05) is 6.08 Å². The lowest BCUT2D eigenvalue weighted by molar-refractivity contribution is -0.123. The Labute approximate surface area is 464 Å². The van der Waals surface area contributed by atoms with Gasteiger partial charge in [0.15, 0.2) is 0 Å². The van der Waals surface area contributed by atoms with Crippen molar-refractivity contribution in [2.75, 3.05) is 6.61 Å². The van der Waals surface area contributed by atoms with Crippen molar-refractivity contribution in [3.05, 3.63) is 48.6 Å². The number of unbranched alkanes of at least 4 members (excludes halogenated alkanes) is 50. The molecule has 0 saturated heterocycles. The van der Waals surface area contributed by atoms with Crippen molar-refractivity contribution < 1.29 is 15.0 Å². The molecule has 4 nitrogen and oxygen atoms in total. The molecule has 0 aromatic heterocycles. The second-order valence-corrected chi connectivity index (χ2v) is 23.2. The Morgan fingerprint density at radius 2 is 0.554 bits per heavy atom. The number of nitrogens with one attached hydrogen (secondary N) is 1. The van der Waals surface area contributed by atoms with Gasteiger partial charge in [-0.1, -0.05) is 358 Å². The van der Waals surface area contributed by atoms with Crippen LogP contribution in [0.5, 0.6) is 0 Å². The summed E-state index contributed by atoms with van der Waals surface area (Å²) in [7, 11) is 0. The summed E-state index contributed by atoms with van der Waals surface area (Å²) >= 11 is 0. The van der Waals surface area contributed by atoms with Gasteiger partial charge in [-0.05, 0) is 57.8 Å². The molecule has 1 amide bonds. The van der Waals surface area contributed by atoms with E-state index in [2.05, 4.69) is 55.6 Å². The highest BCUT2D eigenvalue weighted by Crippen LogP contribution is 2.19. The molecule has 0 aliphatic rings. The summed E-state index contributed by atoms with van der Waals surface area (Å²) in [5, 5.41) is 23.3. The highest BCUT2D eigenvalue weighted by atomic mass is 16.3. The fraction of sp³-hybridized carbons (Fsp3) is 0.871. The van der Waals surface area contributed by atoms with E-state index in [4.69, 9.17) is 0 Å². The Kier molecular flexibility index (Phi) is 64.2. The summed E-state index contributed by atoms with van der Waals surface area (Å²) in [6.07, 6.45) is 91.9. The molecule has 0 spiro atoms. The van der Waals surface area contributed by atoms with E-state index in [1.165, 1.54) is 315 Å². The molecule has 436 valence electrons. The Morgan fingerprint density at radius 3 is 0.824 bits per heavy atom. The van der Waals surface area contributed by atoms with Gasteiger partial charge in [-0.25, -0.2) is 0 Å². The molecule has 0 heterocycles. The molecule has 0 aromatic rings. The lowest BCUT2D eigenvalue weighted by Gasteiger charge is -2.20. The van der Waals surface area contributed by atoms with Gasteiger partial charge in [0.25, 0.3) is 0 Å². The molecule has 2 atom stereocenters. The Balaban J connectivity index is 3.44. The number of aliphatic hydroxyl groups excluding tert-OH is 2. The van der Waals surface area contributed by atoms with Crippen LogP contribution < -0.4 is 5.32 Å². The average molecular weight is 1040 g/mol. The van der Waals surface area contributed by atoms with E-state index >= 15 is 0 Å². The minimum atomic E-state index is -0.841. The molecule has 3 N–H and O–H groups in total. The monoisotopic (exact) mass is 1040 g/mol. The molecule has 0 aromatic carbocycles. The first-order valence-electron chi connectivity index (χ1n) is 33.9. The van der Waals surface area contributed by atoms with Crippen LogP contribution in [-0.4, -0.2) is 34.9 Å². The molecule has 4 heteroatoms. The highest BCUT2D eigenvalue weighted by molar-refractivity contribution is 5.76. The third-order valence-corrected chi connectivity index (χ3v) is 15.8. The lowest BCUT2D eigenvalue weighted by atomic mass is 10.0. The third-order valence-electron chi connectivity index (χ3n) is 15.8. The van der Waals surface area contributed by atoms with Crippen molar-refractivity contribution in [2.24, 2.45) is 0 Å². The van der Waals surface area contributed by atoms with Crippen molar-refractivity contribution >= 4 is 5.91 Å². The SMILES string of the molecule is CCCCCCC/C=C\C/C=C\C/C=C\CCCCCCCCCCCCCCCCCCCCC(=O)NC(CO)C(O)/C=C/CCCCCCCCCCCCCCCCCCCCCCCCCCCCC. The quantitative estimate of drug-likeness (QED) is 0.0420. The number of carbonyl (C=O) groups is 1. The van der Waals surface area contributed by atoms with E-state index in [-0.39, 0.29) is 12.5 Å². The predicted octanol–water partition coefficient (Wildman–Crippen LogP) is 22.9. The van der Waals surface area contributed by atoms with Gasteiger partial charge in [0.05, 0.1) is 18.8 Å². The molecule has 0 radical (unpaired) electrons. The third kappa shape index (κ3) is 61.2. The van der Waals surface area contributed by atoms with Gasteiger partial charge in [-0.15, -0.1) is 0 Å². The molecular weight excluding hydrogens is 903 g/mol. The lowest BCUT2D eigenvalue weighted by Crippen LogP contribution is -2.45. The summed E-state index contributed by atoms with van der Waals surface area (Å²) in [5.41, 5.74) is 0. The number of aliphatic hydroxyl groups is 2. The van der Waals surface area contributed by atoms with Crippen LogP contribution in [0.4, 0.5) is 0 Å². The first-order valence-corrected chi connectivity index (χ1v) is 33.9. The zero-order valence-corrected chi connectivity index (χ0v) is 50.4. The molecule has 0 fully saturated rings. The van der Waals surface area contributed by atoms with Gasteiger partial charge in [0.2, 0.25) is 5.91 Å². The Bertz CT molecular complexity index is 1170. The van der Waals surface area contributed by atoms with Crippen molar-refractivity contribution in [3.8, 4) is 0 Å². The van der Waals surface area contributed by atoms with Crippen LogP contribution in [0.3, 0.4) is 0 Å². The van der Waals surface area contributed by atoms with Crippen LogP contribution in [0.25, 0.3) is 0 Å². The van der Waals surface area contributed by atoms with Crippen LogP contribution in [0, 0.1) is 0 Å². The van der Waals surface area contributed by atoms with Crippen LogP contribution in [0.2, 0.25) is 0 Å². The van der Waals surface area contributed by atoms with Crippen molar-refractivity contribution in [3.63, 3.8) is 0 Å². The fourth-order valence-corrected chi connectivity index (χ4v) is 10.7. The Morgan fingerprint density at radius 1 is 0.324 bits per heavy atom. The summed E-state index contributed by atoms with van der Waals surface area (Å²) in [4.78, 5) is 12.5. The number of rotatable bonds is 63. The molecule has 0 bridgehead atoms. The largest absolute Gasteiger partial charge is 0.394 e. The topological polar surface area (TPSA) is 69.6 Å². The average Bonchev–Trinajstić information content (AvgIpc) is 3.40. The van der Waals surface area contributed by atoms with Gasteiger partial charge in [-0.3, -0.25) is 4.79 Å². The van der Waals surface area contributed by atoms with Gasteiger partial charge in [0, 0.05) is 6.42 Å². The second kappa shape index (κ2) is 65.6.